The number of nitrogens with one attached hydrogen (secondary N) is 3. The molecule has 0 spiro atoms. The minimum Gasteiger partial charge on any atom is -0.465 e. The summed E-state index contributed by atoms with van der Waals surface area (Å²) in [4.78, 5) is 66.3. The van der Waals surface area contributed by atoms with Gasteiger partial charge in [-0.1, -0.05) is 91.0 Å². The molecule has 10 nitrogen and oxygen atoms in total. The van der Waals surface area contributed by atoms with Crippen LogP contribution in [-0.2, 0) is 27.3 Å². The molecule has 260 valence electrons. The smallest absolute Gasteiger partial charge is 0.405 e. The Kier molecular flexibility index (Phi) is 12.9. The molecule has 0 saturated heterocycles. The van der Waals surface area contributed by atoms with Crippen LogP contribution in [-0.4, -0.2) is 64.8 Å². The molecular formula is C39H42N4O6S. The van der Waals surface area contributed by atoms with Crippen molar-refractivity contribution in [3.8, 4) is 0 Å². The number of carbonyl (C=O) groups excluding carboxylic acids is 4. The molecule has 0 aliphatic carbocycles. The van der Waals surface area contributed by atoms with E-state index in [1.807, 2.05) is 90.3 Å². The first-order chi connectivity index (χ1) is 24.3. The topological polar surface area (TPSA) is 145 Å². The maximum absolute atomic E-state index is 13.5. The highest BCUT2D eigenvalue weighted by Gasteiger charge is 2.34. The van der Waals surface area contributed by atoms with E-state index in [0.29, 0.717) is 37.2 Å². The lowest BCUT2D eigenvalue weighted by atomic mass is 9.91. The van der Waals surface area contributed by atoms with Crippen LogP contribution in [0.2, 0.25) is 0 Å². The van der Waals surface area contributed by atoms with Crippen LogP contribution in [0.25, 0.3) is 0 Å². The molecule has 3 aromatic carbocycles. The SMILES string of the molecule is O=C(O)N[C@@H](CCCCNC(=O)[C@@H]1Cc2ccccc2CN1C(=O)CCC(=O)c1cccs1)C(=O)NCC(c1ccccc1)c1ccccc1. The first kappa shape index (κ1) is 36.0. The Labute approximate surface area is 295 Å². The van der Waals surface area contributed by atoms with Gasteiger partial charge in [-0.3, -0.25) is 19.2 Å². The predicted octanol–water partition coefficient (Wildman–Crippen LogP) is 5.54. The zero-order chi connectivity index (χ0) is 35.3. The number of thiophene rings is 1. The Morgan fingerprint density at radius 2 is 1.44 bits per heavy atom. The maximum Gasteiger partial charge on any atom is 0.405 e. The predicted molar refractivity (Wildman–Crippen MR) is 192 cm³/mol. The molecule has 2 atom stereocenters. The Bertz CT molecular complexity index is 1710. The van der Waals surface area contributed by atoms with Crippen LogP contribution in [0.4, 0.5) is 4.79 Å². The molecule has 4 aromatic rings. The lowest BCUT2D eigenvalue weighted by Gasteiger charge is -2.36. The summed E-state index contributed by atoms with van der Waals surface area (Å²) in [5.41, 5.74) is 4.04. The normalized spacial score (nSPS) is 14.3. The zero-order valence-corrected chi connectivity index (χ0v) is 28.6. The number of fused-ring (bicyclic) bond motifs is 1. The molecule has 0 bridgehead atoms. The fourth-order valence-corrected chi connectivity index (χ4v) is 6.98. The van der Waals surface area contributed by atoms with E-state index in [-0.39, 0.29) is 49.3 Å². The van der Waals surface area contributed by atoms with Crippen molar-refractivity contribution in [1.82, 2.24) is 20.9 Å². The third kappa shape index (κ3) is 9.88. The van der Waals surface area contributed by atoms with Crippen LogP contribution in [0, 0.1) is 0 Å². The van der Waals surface area contributed by atoms with Gasteiger partial charge in [-0.05, 0) is 53.0 Å². The molecule has 1 aliphatic rings. The number of hydrogen-bond acceptors (Lipinski definition) is 6. The van der Waals surface area contributed by atoms with Crippen molar-refractivity contribution in [1.29, 1.82) is 0 Å². The van der Waals surface area contributed by atoms with Crippen molar-refractivity contribution < 1.29 is 29.1 Å². The largest absolute Gasteiger partial charge is 0.465 e. The highest BCUT2D eigenvalue weighted by molar-refractivity contribution is 7.12. The number of unbranched alkanes of at least 4 members (excludes halogenated alkanes) is 1. The summed E-state index contributed by atoms with van der Waals surface area (Å²) >= 11 is 1.34. The van der Waals surface area contributed by atoms with E-state index in [4.69, 9.17) is 0 Å². The number of Topliss-reactive ketones (excluding diaryl/α,β-unsaturated/α-hetero) is 1. The van der Waals surface area contributed by atoms with Gasteiger partial charge in [-0.25, -0.2) is 4.79 Å². The first-order valence-electron chi connectivity index (χ1n) is 16.9. The average Bonchev–Trinajstić information content (AvgIpc) is 3.69. The van der Waals surface area contributed by atoms with Crippen LogP contribution in [0.3, 0.4) is 0 Å². The molecule has 0 fully saturated rings. The molecule has 1 aromatic heterocycles. The van der Waals surface area contributed by atoms with E-state index in [9.17, 15) is 29.1 Å². The average molecular weight is 695 g/mol. The second kappa shape index (κ2) is 17.9. The quantitative estimate of drug-likeness (QED) is 0.0897. The molecule has 0 radical (unpaired) electrons. The van der Waals surface area contributed by atoms with Gasteiger partial charge in [0.15, 0.2) is 5.78 Å². The fraction of sp³-hybridized carbons (Fsp3) is 0.308. The Balaban J connectivity index is 1.13. The van der Waals surface area contributed by atoms with Crippen molar-refractivity contribution in [2.24, 2.45) is 0 Å². The summed E-state index contributed by atoms with van der Waals surface area (Å²) in [6.45, 7) is 0.872. The van der Waals surface area contributed by atoms with Crippen molar-refractivity contribution >= 4 is 40.9 Å². The molecule has 5 rings (SSSR count). The number of carbonyl (C=O) groups is 5. The summed E-state index contributed by atoms with van der Waals surface area (Å²) in [7, 11) is 0. The summed E-state index contributed by atoms with van der Waals surface area (Å²) in [6.07, 6.45) is 0.380. The summed E-state index contributed by atoms with van der Waals surface area (Å²) < 4.78 is 0. The molecule has 50 heavy (non-hydrogen) atoms. The second-order valence-corrected chi connectivity index (χ2v) is 13.3. The standard InChI is InChI=1S/C39H42N4O6S/c44-34(35-19-11-23-50-35)20-21-36(45)43-26-30-17-8-7-16-29(30)24-33(43)38(47)40-22-10-9-18-32(42-39(48)49)37(46)41-25-31(27-12-3-1-4-13-27)28-14-5-2-6-15-28/h1-8,11-17,19,23,31-33,42H,9-10,18,20-22,24-26H2,(H,40,47)(H,41,46)(H,48,49)/t32-,33-/m0/s1. The Morgan fingerprint density at radius 3 is 2.08 bits per heavy atom. The van der Waals surface area contributed by atoms with E-state index in [1.54, 1.807) is 17.0 Å². The summed E-state index contributed by atoms with van der Waals surface area (Å²) in [5, 5.41) is 19.5. The minimum absolute atomic E-state index is 0.0140. The van der Waals surface area contributed by atoms with Crippen molar-refractivity contribution in [3.05, 3.63) is 130 Å². The number of carboxylic acid groups (broad SMARTS) is 1. The van der Waals surface area contributed by atoms with E-state index in [2.05, 4.69) is 16.0 Å². The van der Waals surface area contributed by atoms with Gasteiger partial charge in [0.25, 0.3) is 0 Å². The third-order valence-corrected chi connectivity index (χ3v) is 9.86. The van der Waals surface area contributed by atoms with E-state index >= 15 is 0 Å². The zero-order valence-electron chi connectivity index (χ0n) is 27.8. The number of amides is 4. The van der Waals surface area contributed by atoms with Gasteiger partial charge in [0, 0.05) is 44.8 Å². The molecule has 11 heteroatoms. The number of rotatable bonds is 16. The number of benzene rings is 3. The first-order valence-corrected chi connectivity index (χ1v) is 17.8. The monoisotopic (exact) mass is 694 g/mol. The third-order valence-electron chi connectivity index (χ3n) is 8.95. The molecular weight excluding hydrogens is 653 g/mol. The highest BCUT2D eigenvalue weighted by Crippen LogP contribution is 2.26. The molecule has 4 amide bonds. The number of hydrogen-bond donors (Lipinski definition) is 4. The highest BCUT2D eigenvalue weighted by atomic mass is 32.1. The van der Waals surface area contributed by atoms with Crippen molar-refractivity contribution in [2.45, 2.75) is 63.1 Å². The molecule has 0 unspecified atom stereocenters. The van der Waals surface area contributed by atoms with Crippen molar-refractivity contribution in [3.63, 3.8) is 0 Å². The maximum atomic E-state index is 13.5. The van der Waals surface area contributed by atoms with Gasteiger partial charge in [-0.15, -0.1) is 11.3 Å². The molecule has 4 N–H and O–H groups in total. The molecule has 2 heterocycles. The lowest BCUT2D eigenvalue weighted by Crippen LogP contribution is -2.52. The van der Waals surface area contributed by atoms with Crippen LogP contribution >= 0.6 is 11.3 Å². The van der Waals surface area contributed by atoms with Crippen molar-refractivity contribution in [2.75, 3.05) is 13.1 Å². The molecule has 1 aliphatic heterocycles. The number of ketones is 1. The lowest BCUT2D eigenvalue weighted by molar-refractivity contribution is -0.141. The van der Waals surface area contributed by atoms with Gasteiger partial charge in [0.2, 0.25) is 17.7 Å². The van der Waals surface area contributed by atoms with Gasteiger partial charge in [-0.2, -0.15) is 0 Å². The van der Waals surface area contributed by atoms with E-state index in [0.717, 1.165) is 22.3 Å². The second-order valence-electron chi connectivity index (χ2n) is 12.3. The number of nitrogens with zero attached hydrogens (tertiary/aromatic N) is 1. The fourth-order valence-electron chi connectivity index (χ4n) is 6.29. The molecule has 0 saturated carbocycles. The van der Waals surface area contributed by atoms with Crippen LogP contribution in [0.15, 0.2) is 102 Å². The Hall–Kier alpha value is -5.29. The van der Waals surface area contributed by atoms with Crippen LogP contribution in [0.1, 0.15) is 69.9 Å². The summed E-state index contributed by atoms with van der Waals surface area (Å²) in [5.74, 6) is -1.16. The van der Waals surface area contributed by atoms with E-state index < -0.39 is 24.1 Å². The minimum atomic E-state index is -1.29. The van der Waals surface area contributed by atoms with Gasteiger partial charge in [0.1, 0.15) is 12.1 Å². The van der Waals surface area contributed by atoms with Gasteiger partial charge in [0.05, 0.1) is 4.88 Å². The van der Waals surface area contributed by atoms with Gasteiger partial charge >= 0.3 is 6.09 Å². The van der Waals surface area contributed by atoms with Gasteiger partial charge < -0.3 is 26.0 Å². The van der Waals surface area contributed by atoms with Crippen LogP contribution in [0.5, 0.6) is 0 Å². The summed E-state index contributed by atoms with van der Waals surface area (Å²) in [6, 6.07) is 29.2. The van der Waals surface area contributed by atoms with E-state index in [1.165, 1.54) is 11.3 Å². The Morgan fingerprint density at radius 1 is 0.780 bits per heavy atom. The van der Waals surface area contributed by atoms with Crippen LogP contribution < -0.4 is 16.0 Å².